The smallest absolute Gasteiger partial charge is 0.123 e. The zero-order valence-electron chi connectivity index (χ0n) is 9.36. The van der Waals surface area contributed by atoms with Crippen LogP contribution in [-0.4, -0.2) is 12.1 Å². The third kappa shape index (κ3) is 2.08. The average molecular weight is 234 g/mol. The van der Waals surface area contributed by atoms with Crippen molar-refractivity contribution in [1.82, 2.24) is 4.98 Å². The summed E-state index contributed by atoms with van der Waals surface area (Å²) in [7, 11) is 1.68. The number of nitrogens with two attached hydrogens (primary N) is 1. The minimum absolute atomic E-state index is 0.492. The molecule has 1 aromatic carbocycles. The van der Waals surface area contributed by atoms with Gasteiger partial charge in [-0.15, -0.1) is 11.3 Å². The molecule has 0 spiro atoms. The first-order chi connectivity index (χ1) is 7.74. The van der Waals surface area contributed by atoms with Crippen molar-refractivity contribution in [2.24, 2.45) is 5.73 Å². The second kappa shape index (κ2) is 4.63. The number of ether oxygens (including phenoxy) is 1. The molecule has 0 fully saturated rings. The van der Waals surface area contributed by atoms with Gasteiger partial charge in [0.2, 0.25) is 0 Å². The Morgan fingerprint density at radius 1 is 1.44 bits per heavy atom. The van der Waals surface area contributed by atoms with E-state index in [-0.39, 0.29) is 0 Å². The summed E-state index contributed by atoms with van der Waals surface area (Å²) in [6.45, 7) is 2.52. The molecule has 0 saturated carbocycles. The maximum absolute atomic E-state index is 5.54. The van der Waals surface area contributed by atoms with E-state index >= 15 is 0 Å². The lowest BCUT2D eigenvalue weighted by atomic mass is 10.1. The molecule has 2 N–H and O–H groups in total. The van der Waals surface area contributed by atoms with Crippen molar-refractivity contribution >= 4 is 11.3 Å². The van der Waals surface area contributed by atoms with E-state index in [4.69, 9.17) is 10.5 Å². The van der Waals surface area contributed by atoms with Crippen molar-refractivity contribution in [3.63, 3.8) is 0 Å². The molecule has 1 aromatic heterocycles. The largest absolute Gasteiger partial charge is 0.496 e. The van der Waals surface area contributed by atoms with Crippen LogP contribution < -0.4 is 10.5 Å². The van der Waals surface area contributed by atoms with Crippen molar-refractivity contribution in [2.45, 2.75) is 13.5 Å². The van der Waals surface area contributed by atoms with Crippen molar-refractivity contribution in [3.8, 4) is 16.3 Å². The first kappa shape index (κ1) is 11.1. The minimum Gasteiger partial charge on any atom is -0.496 e. The van der Waals surface area contributed by atoms with E-state index in [1.165, 1.54) is 0 Å². The normalized spacial score (nSPS) is 10.4. The van der Waals surface area contributed by atoms with Crippen molar-refractivity contribution in [2.75, 3.05) is 7.11 Å². The molecule has 0 saturated heterocycles. The summed E-state index contributed by atoms with van der Waals surface area (Å²) in [5.41, 5.74) is 8.71. The van der Waals surface area contributed by atoms with Crippen LogP contribution in [0.15, 0.2) is 23.6 Å². The molecule has 0 amide bonds. The second-order valence-corrected chi connectivity index (χ2v) is 4.39. The molecule has 0 unspecified atom stereocenters. The zero-order valence-corrected chi connectivity index (χ0v) is 10.2. The van der Waals surface area contributed by atoms with Crippen molar-refractivity contribution in [1.29, 1.82) is 0 Å². The molecular formula is C12H14N2OS. The van der Waals surface area contributed by atoms with Gasteiger partial charge < -0.3 is 10.5 Å². The van der Waals surface area contributed by atoms with Crippen molar-refractivity contribution < 1.29 is 4.74 Å². The minimum atomic E-state index is 0.492. The Balaban J connectivity index is 2.37. The average Bonchev–Trinajstić information content (AvgIpc) is 2.77. The quantitative estimate of drug-likeness (QED) is 0.888. The Labute approximate surface area is 98.9 Å². The van der Waals surface area contributed by atoms with E-state index in [9.17, 15) is 0 Å². The van der Waals surface area contributed by atoms with E-state index in [0.29, 0.717) is 6.54 Å². The van der Waals surface area contributed by atoms with Gasteiger partial charge >= 0.3 is 0 Å². The van der Waals surface area contributed by atoms with Crippen molar-refractivity contribution in [3.05, 3.63) is 34.8 Å². The number of nitrogens with zero attached hydrogens (tertiary/aromatic N) is 1. The SMILES string of the molecule is COc1ccc(-c2nc(CN)cs2)cc1C. The van der Waals surface area contributed by atoms with Gasteiger partial charge in [0.15, 0.2) is 0 Å². The summed E-state index contributed by atoms with van der Waals surface area (Å²) < 4.78 is 5.23. The van der Waals surface area contributed by atoms with Gasteiger partial charge in [0.05, 0.1) is 12.8 Å². The van der Waals surface area contributed by atoms with Crippen LogP contribution in [0.5, 0.6) is 5.75 Å². The maximum atomic E-state index is 5.54. The zero-order chi connectivity index (χ0) is 11.5. The van der Waals surface area contributed by atoms with Gasteiger partial charge in [0.25, 0.3) is 0 Å². The van der Waals surface area contributed by atoms with Crippen LogP contribution >= 0.6 is 11.3 Å². The van der Waals surface area contributed by atoms with E-state index in [0.717, 1.165) is 27.6 Å². The summed E-state index contributed by atoms with van der Waals surface area (Å²) in [5, 5.41) is 3.00. The van der Waals surface area contributed by atoms with Gasteiger partial charge in [-0.2, -0.15) is 0 Å². The molecule has 3 nitrogen and oxygen atoms in total. The Hall–Kier alpha value is -1.39. The van der Waals surface area contributed by atoms with Crippen LogP contribution in [0.3, 0.4) is 0 Å². The molecule has 1 heterocycles. The summed E-state index contributed by atoms with van der Waals surface area (Å²) in [5.74, 6) is 0.902. The highest BCUT2D eigenvalue weighted by molar-refractivity contribution is 7.13. The number of methoxy groups -OCH3 is 1. The van der Waals surface area contributed by atoms with Gasteiger partial charge in [-0.3, -0.25) is 0 Å². The number of aromatic nitrogens is 1. The van der Waals surface area contributed by atoms with E-state index < -0.39 is 0 Å². The second-order valence-electron chi connectivity index (χ2n) is 3.53. The Bertz CT molecular complexity index is 494. The third-order valence-corrected chi connectivity index (χ3v) is 3.34. The highest BCUT2D eigenvalue weighted by atomic mass is 32.1. The Kier molecular flexibility index (Phi) is 3.22. The van der Waals surface area contributed by atoms with Crippen LogP contribution in [0.1, 0.15) is 11.3 Å². The van der Waals surface area contributed by atoms with Crippen LogP contribution in [0.2, 0.25) is 0 Å². The van der Waals surface area contributed by atoms with Gasteiger partial charge in [0, 0.05) is 17.5 Å². The monoisotopic (exact) mass is 234 g/mol. The van der Waals surface area contributed by atoms with E-state index in [1.54, 1.807) is 18.4 Å². The molecule has 2 rings (SSSR count). The summed E-state index contributed by atoms with van der Waals surface area (Å²) in [6.07, 6.45) is 0. The highest BCUT2D eigenvalue weighted by Gasteiger charge is 2.06. The molecule has 0 radical (unpaired) electrons. The lowest BCUT2D eigenvalue weighted by Gasteiger charge is -2.05. The topological polar surface area (TPSA) is 48.1 Å². The fourth-order valence-corrected chi connectivity index (χ4v) is 2.37. The molecule has 4 heteroatoms. The molecule has 0 bridgehead atoms. The van der Waals surface area contributed by atoms with Crippen LogP contribution in [-0.2, 0) is 6.54 Å². The molecule has 0 aliphatic carbocycles. The summed E-state index contributed by atoms with van der Waals surface area (Å²) in [4.78, 5) is 4.45. The number of benzene rings is 1. The fraction of sp³-hybridized carbons (Fsp3) is 0.250. The number of rotatable bonds is 3. The maximum Gasteiger partial charge on any atom is 0.123 e. The van der Waals surface area contributed by atoms with Crippen LogP contribution in [0, 0.1) is 6.92 Å². The third-order valence-electron chi connectivity index (χ3n) is 2.40. The predicted octanol–water partition coefficient (Wildman–Crippen LogP) is 2.59. The van der Waals surface area contributed by atoms with Gasteiger partial charge in [-0.1, -0.05) is 0 Å². The van der Waals surface area contributed by atoms with Gasteiger partial charge in [-0.05, 0) is 30.7 Å². The fourth-order valence-electron chi connectivity index (χ4n) is 1.54. The molecule has 0 aliphatic heterocycles. The Morgan fingerprint density at radius 2 is 2.25 bits per heavy atom. The number of hydrogen-bond acceptors (Lipinski definition) is 4. The number of aryl methyl sites for hydroxylation is 1. The molecule has 0 aliphatic rings. The Morgan fingerprint density at radius 3 is 2.81 bits per heavy atom. The van der Waals surface area contributed by atoms with Gasteiger partial charge in [0.1, 0.15) is 10.8 Å². The van der Waals surface area contributed by atoms with Crippen LogP contribution in [0.4, 0.5) is 0 Å². The molecule has 84 valence electrons. The van der Waals surface area contributed by atoms with E-state index in [2.05, 4.69) is 11.1 Å². The summed E-state index contributed by atoms with van der Waals surface area (Å²) >= 11 is 1.62. The molecule has 16 heavy (non-hydrogen) atoms. The first-order valence-corrected chi connectivity index (χ1v) is 5.92. The number of thiazole rings is 1. The molecule has 2 aromatic rings. The lowest BCUT2D eigenvalue weighted by molar-refractivity contribution is 0.412. The molecular weight excluding hydrogens is 220 g/mol. The number of hydrogen-bond donors (Lipinski definition) is 1. The molecule has 0 atom stereocenters. The summed E-state index contributed by atoms with van der Waals surface area (Å²) in [6, 6.07) is 6.07. The standard InChI is InChI=1S/C12H14N2OS/c1-8-5-9(3-4-11(8)15-2)12-14-10(6-13)7-16-12/h3-5,7H,6,13H2,1-2H3. The highest BCUT2D eigenvalue weighted by Crippen LogP contribution is 2.28. The van der Waals surface area contributed by atoms with Crippen LogP contribution in [0.25, 0.3) is 10.6 Å². The van der Waals surface area contributed by atoms with Gasteiger partial charge in [-0.25, -0.2) is 4.98 Å². The lowest BCUT2D eigenvalue weighted by Crippen LogP contribution is -1.95. The predicted molar refractivity (Wildman–Crippen MR) is 66.7 cm³/mol. The first-order valence-electron chi connectivity index (χ1n) is 5.04. The van der Waals surface area contributed by atoms with E-state index in [1.807, 2.05) is 24.4 Å².